The lowest BCUT2D eigenvalue weighted by molar-refractivity contribution is 0.257. The topological polar surface area (TPSA) is 248 Å². The Kier molecular flexibility index (Phi) is 47.6. The lowest BCUT2D eigenvalue weighted by Gasteiger charge is -2.36. The molecule has 0 bridgehead atoms. The summed E-state index contributed by atoms with van der Waals surface area (Å²) in [6.45, 7) is 15.7. The van der Waals surface area contributed by atoms with E-state index >= 15 is 0 Å². The van der Waals surface area contributed by atoms with Crippen LogP contribution in [-0.4, -0.2) is 103 Å². The fourth-order valence-electron chi connectivity index (χ4n) is 14.7. The number of ether oxygens (including phenoxy) is 8. The van der Waals surface area contributed by atoms with Gasteiger partial charge in [-0.1, -0.05) is 142 Å². The smallest absolute Gasteiger partial charge is 0.164 e. The van der Waals surface area contributed by atoms with Gasteiger partial charge in [0, 0.05) is 46.4 Å². The number of halogens is 4. The summed E-state index contributed by atoms with van der Waals surface area (Å²) in [5, 5.41) is 16.1. The number of methoxy groups -OCH3 is 4. The highest BCUT2D eigenvalue weighted by Gasteiger charge is 2.34. The Hall–Kier alpha value is -3.88. The molecule has 0 spiro atoms. The van der Waals surface area contributed by atoms with Crippen LogP contribution < -0.4 is 59.2 Å². The highest BCUT2D eigenvalue weighted by Crippen LogP contribution is 2.47. The summed E-state index contributed by atoms with van der Waals surface area (Å²) >= 11 is 0. The maximum absolute atomic E-state index is 6.68. The molecule has 0 saturated heterocycles. The summed E-state index contributed by atoms with van der Waals surface area (Å²) in [5.74, 6) is 8.26. The van der Waals surface area contributed by atoms with Gasteiger partial charge in [-0.2, -0.15) is 0 Å². The predicted octanol–water partition coefficient (Wildman–Crippen LogP) is 15.1. The molecule has 4 aliphatic rings. The summed E-state index contributed by atoms with van der Waals surface area (Å²) in [4.78, 5) is 0. The van der Waals surface area contributed by atoms with Crippen LogP contribution in [0, 0.1) is 11.8 Å². The van der Waals surface area contributed by atoms with Crippen LogP contribution in [0.5, 0.6) is 46.0 Å². The van der Waals surface area contributed by atoms with Crippen molar-refractivity contribution in [2.24, 2.45) is 11.8 Å². The highest BCUT2D eigenvalue weighted by atomic mass is 35.5. The second-order valence-electron chi connectivity index (χ2n) is 25.1. The Balaban J connectivity index is 0.0000108. The van der Waals surface area contributed by atoms with Gasteiger partial charge in [0.25, 0.3) is 0 Å². The van der Waals surface area contributed by atoms with Crippen molar-refractivity contribution < 1.29 is 59.8 Å². The van der Waals surface area contributed by atoms with Crippen molar-refractivity contribution in [3.8, 4) is 46.0 Å². The van der Waals surface area contributed by atoms with Crippen LogP contribution in [0.3, 0.4) is 0 Å². The second-order valence-corrected chi connectivity index (χ2v) is 25.1. The molecule has 16 nitrogen and oxygen atoms in total. The molecule has 0 fully saturated rings. The lowest BCUT2D eigenvalue weighted by Crippen LogP contribution is -2.36. The fraction of sp³-hybridized carbons (Fsp3) is 0.676. The molecule has 0 aliphatic carbocycles. The normalized spacial score (nSPS) is 17.1. The highest BCUT2D eigenvalue weighted by molar-refractivity contribution is 5.86. The molecular weight excluding hydrogens is 1280 g/mol. The van der Waals surface area contributed by atoms with E-state index < -0.39 is 0 Å². The minimum atomic E-state index is 0. The van der Waals surface area contributed by atoms with Gasteiger partial charge < -0.3 is 81.1 Å². The van der Waals surface area contributed by atoms with E-state index in [1.54, 1.807) is 28.4 Å². The van der Waals surface area contributed by atoms with E-state index in [0.29, 0.717) is 23.9 Å². The first kappa shape index (κ1) is 90.1. The zero-order valence-electron chi connectivity index (χ0n) is 58.4. The third-order valence-corrected chi connectivity index (χ3v) is 19.3. The molecule has 0 radical (unpaired) electrons. The van der Waals surface area contributed by atoms with Crippen LogP contribution in [0.1, 0.15) is 250 Å². The Morgan fingerprint density at radius 3 is 0.862 bits per heavy atom. The van der Waals surface area contributed by atoms with Crippen molar-refractivity contribution in [1.82, 2.24) is 21.3 Å². The molecule has 12 N–H and O–H groups in total. The average Bonchev–Trinajstić information content (AvgIpc) is 0.880. The van der Waals surface area contributed by atoms with Crippen molar-refractivity contribution in [3.63, 3.8) is 0 Å². The van der Waals surface area contributed by atoms with E-state index in [0.717, 1.165) is 176 Å². The van der Waals surface area contributed by atoms with Crippen molar-refractivity contribution in [2.75, 3.05) is 81.0 Å². The molecule has 4 aromatic rings. The van der Waals surface area contributed by atoms with E-state index in [-0.39, 0.29) is 83.6 Å². The zero-order chi connectivity index (χ0) is 60.3. The van der Waals surface area contributed by atoms with Crippen LogP contribution in [0.15, 0.2) is 48.5 Å². The van der Waals surface area contributed by atoms with Gasteiger partial charge in [0.15, 0.2) is 46.0 Å². The summed E-state index contributed by atoms with van der Waals surface area (Å²) in [7, 11) is 7.12. The molecule has 4 aromatic carbocycles. The van der Waals surface area contributed by atoms with Gasteiger partial charge in [0.05, 0.1) is 54.9 Å². The standard InChI is InChI=1S/C74H114N4O8.4ClH.4H2O/c1-9-13-23-49-83-71-59-41-45-75-63(55(59)33-37-65(71)79-5)31-21-19-29-53(69-57-35-39-67(81-7)73(61(57)43-47-77-69)85-51-25-15-11-3)27-17-18-28-54(70-58-36-40-68(82-8)74(62(58)44-48-78-70)86-52-26-16-12-4)30-20-22-32-64-56-34-38-66(80-6)72(60(56)42-46-76-64)84-50-24-14-10-2;;;;;;;;/h33-40,53-54,63-64,69-70,75-78H,9-32,41-52H2,1-8H3;4*1H;4*1H2. The van der Waals surface area contributed by atoms with Crippen LogP contribution >= 0.6 is 49.6 Å². The molecule has 4 aliphatic heterocycles. The van der Waals surface area contributed by atoms with E-state index in [2.05, 4.69) is 97.5 Å². The molecule has 8 rings (SSSR count). The first-order valence-electron chi connectivity index (χ1n) is 34.6. The molecule has 94 heavy (non-hydrogen) atoms. The molecular formula is C74H126Cl4N4O12. The quantitative estimate of drug-likeness (QED) is 0.0303. The van der Waals surface area contributed by atoms with Gasteiger partial charge in [-0.15, -0.1) is 49.6 Å². The number of hydrogen-bond acceptors (Lipinski definition) is 12. The maximum atomic E-state index is 6.68. The summed E-state index contributed by atoms with van der Waals surface area (Å²) < 4.78 is 50.1. The van der Waals surface area contributed by atoms with Crippen molar-refractivity contribution in [2.45, 2.75) is 232 Å². The maximum Gasteiger partial charge on any atom is 0.164 e. The van der Waals surface area contributed by atoms with Gasteiger partial charge in [0.2, 0.25) is 0 Å². The first-order valence-corrected chi connectivity index (χ1v) is 34.6. The predicted molar refractivity (Wildman–Crippen MR) is 396 cm³/mol. The van der Waals surface area contributed by atoms with Gasteiger partial charge >= 0.3 is 0 Å². The van der Waals surface area contributed by atoms with Gasteiger partial charge in [0.1, 0.15) is 0 Å². The summed E-state index contributed by atoms with van der Waals surface area (Å²) in [5.41, 5.74) is 10.9. The molecule has 0 saturated carbocycles. The number of nitrogens with one attached hydrogen (secondary N) is 4. The van der Waals surface area contributed by atoms with E-state index in [1.807, 2.05) is 0 Å². The van der Waals surface area contributed by atoms with Crippen molar-refractivity contribution in [3.05, 3.63) is 93.0 Å². The molecule has 6 unspecified atom stereocenters. The monoisotopic (exact) mass is 1400 g/mol. The largest absolute Gasteiger partial charge is 0.493 e. The number of hydrogen-bond donors (Lipinski definition) is 4. The second kappa shape index (κ2) is 49.6. The molecule has 20 heteroatoms. The fourth-order valence-corrected chi connectivity index (χ4v) is 14.7. The van der Waals surface area contributed by atoms with Crippen LogP contribution in [0.4, 0.5) is 0 Å². The van der Waals surface area contributed by atoms with Gasteiger partial charge in [-0.25, -0.2) is 0 Å². The number of benzene rings is 4. The van der Waals surface area contributed by atoms with Crippen molar-refractivity contribution >= 4 is 49.6 Å². The van der Waals surface area contributed by atoms with Crippen molar-refractivity contribution in [1.29, 1.82) is 0 Å². The Morgan fingerprint density at radius 2 is 0.585 bits per heavy atom. The van der Waals surface area contributed by atoms with Gasteiger partial charge in [-0.05, 0) is 174 Å². The Labute approximate surface area is 590 Å². The SMILES string of the molecule is CCCCCOc1c(OC)ccc2c1CCNC2CCCCC(CCCCC(CCCCC1NCCc2c1ccc(OC)c2OCCCCC)C1NCCc2c1ccc(OC)c2OCCCCC)C1NCCc2c1ccc(OC)c2OCCCCC.Cl.Cl.Cl.Cl.O.O.O.O. The van der Waals surface area contributed by atoms with Crippen LogP contribution in [-0.2, 0) is 25.7 Å². The zero-order valence-corrected chi connectivity index (χ0v) is 61.7. The van der Waals surface area contributed by atoms with Gasteiger partial charge in [-0.3, -0.25) is 0 Å². The minimum absolute atomic E-state index is 0. The van der Waals surface area contributed by atoms with E-state index in [4.69, 9.17) is 37.9 Å². The first-order chi connectivity index (χ1) is 42.4. The summed E-state index contributed by atoms with van der Waals surface area (Å²) in [6, 6.07) is 19.0. The number of unbranched alkanes of at least 4 members (excludes halogenated alkanes) is 11. The minimum Gasteiger partial charge on any atom is -0.493 e. The number of fused-ring (bicyclic) bond motifs is 4. The molecule has 6 atom stereocenters. The Bertz CT molecular complexity index is 2490. The lowest BCUT2D eigenvalue weighted by atomic mass is 9.78. The third-order valence-electron chi connectivity index (χ3n) is 19.3. The molecule has 0 aromatic heterocycles. The van der Waals surface area contributed by atoms with E-state index in [9.17, 15) is 0 Å². The summed E-state index contributed by atoms with van der Waals surface area (Å²) in [6.07, 6.45) is 31.4. The Morgan fingerprint density at radius 1 is 0.330 bits per heavy atom. The molecule has 4 heterocycles. The van der Waals surface area contributed by atoms with Crippen LogP contribution in [0.2, 0.25) is 0 Å². The molecule has 542 valence electrons. The van der Waals surface area contributed by atoms with Crippen LogP contribution in [0.25, 0.3) is 0 Å². The average molecular weight is 1410 g/mol. The number of rotatable bonds is 41. The molecule has 0 amide bonds. The van der Waals surface area contributed by atoms with E-state index in [1.165, 1.54) is 147 Å². The third kappa shape index (κ3) is 24.5.